The molecule has 0 aliphatic heterocycles. The van der Waals surface area contributed by atoms with E-state index in [-0.39, 0.29) is 25.5 Å². The van der Waals surface area contributed by atoms with E-state index in [1.54, 1.807) is 17.1 Å². The molecule has 40 heavy (non-hydrogen) atoms. The van der Waals surface area contributed by atoms with Gasteiger partial charge in [-0.05, 0) is 36.3 Å². The zero-order valence-electron chi connectivity index (χ0n) is 24.0. The summed E-state index contributed by atoms with van der Waals surface area (Å²) in [5.74, 6) is -0.0794. The van der Waals surface area contributed by atoms with Gasteiger partial charge in [-0.1, -0.05) is 76.3 Å². The van der Waals surface area contributed by atoms with Crippen molar-refractivity contribution in [3.05, 3.63) is 53.9 Å². The van der Waals surface area contributed by atoms with Crippen LogP contribution in [0.4, 0.5) is 4.79 Å². The molecule has 3 amide bonds. The molecule has 0 unspecified atom stereocenters. The highest BCUT2D eigenvalue weighted by Crippen LogP contribution is 2.28. The Kier molecular flexibility index (Phi) is 12.5. The molecule has 0 radical (unpaired) electrons. The van der Waals surface area contributed by atoms with Crippen molar-refractivity contribution in [2.75, 3.05) is 6.54 Å². The lowest BCUT2D eigenvalue weighted by Crippen LogP contribution is -2.55. The van der Waals surface area contributed by atoms with Crippen molar-refractivity contribution >= 4 is 17.9 Å². The summed E-state index contributed by atoms with van der Waals surface area (Å²) in [4.78, 5) is 38.8. The van der Waals surface area contributed by atoms with Gasteiger partial charge in [-0.25, -0.2) is 4.79 Å². The Morgan fingerprint density at radius 1 is 1.10 bits per heavy atom. The fourth-order valence-corrected chi connectivity index (χ4v) is 4.95. The van der Waals surface area contributed by atoms with Crippen molar-refractivity contribution in [1.82, 2.24) is 25.7 Å². The van der Waals surface area contributed by atoms with Crippen LogP contribution in [-0.2, 0) is 27.5 Å². The number of carbonyl (C=O) groups excluding carboxylic acids is 3. The molecule has 10 heteroatoms. The molecular weight excluding hydrogens is 510 g/mol. The highest BCUT2D eigenvalue weighted by Gasteiger charge is 2.31. The average molecular weight is 556 g/mol. The van der Waals surface area contributed by atoms with Crippen LogP contribution >= 0.6 is 0 Å². The predicted molar refractivity (Wildman–Crippen MR) is 152 cm³/mol. The molecule has 2 aromatic rings. The van der Waals surface area contributed by atoms with Gasteiger partial charge >= 0.3 is 6.09 Å². The normalized spacial score (nSPS) is 16.1. The summed E-state index contributed by atoms with van der Waals surface area (Å²) in [6, 6.07) is 7.64. The molecule has 220 valence electrons. The van der Waals surface area contributed by atoms with Crippen molar-refractivity contribution < 1.29 is 24.2 Å². The van der Waals surface area contributed by atoms with E-state index < -0.39 is 30.2 Å². The maximum Gasteiger partial charge on any atom is 0.408 e. The molecule has 1 aliphatic carbocycles. The van der Waals surface area contributed by atoms with E-state index in [0.717, 1.165) is 36.8 Å². The van der Waals surface area contributed by atoms with Crippen LogP contribution in [0.2, 0.25) is 0 Å². The number of hydrogen-bond donors (Lipinski definition) is 4. The summed E-state index contributed by atoms with van der Waals surface area (Å²) in [5.41, 5.74) is 1.75. The number of aliphatic hydroxyl groups excluding tert-OH is 1. The number of nitrogens with one attached hydrogen (secondary N) is 3. The Morgan fingerprint density at radius 3 is 2.48 bits per heavy atom. The Morgan fingerprint density at radius 2 is 1.82 bits per heavy atom. The number of carbonyl (C=O) groups is 3. The van der Waals surface area contributed by atoms with Crippen LogP contribution in [0.25, 0.3) is 0 Å². The number of aromatic nitrogens is 2. The van der Waals surface area contributed by atoms with E-state index in [1.165, 1.54) is 6.42 Å². The Bertz CT molecular complexity index is 1070. The highest BCUT2D eigenvalue weighted by atomic mass is 16.5. The van der Waals surface area contributed by atoms with E-state index in [9.17, 15) is 19.5 Å². The molecule has 1 aliphatic rings. The first-order chi connectivity index (χ1) is 19.2. The number of amides is 3. The minimum Gasteiger partial charge on any atom is -0.445 e. The smallest absolute Gasteiger partial charge is 0.408 e. The van der Waals surface area contributed by atoms with Crippen molar-refractivity contribution in [3.8, 4) is 0 Å². The number of benzene rings is 1. The van der Waals surface area contributed by atoms with Gasteiger partial charge in [0.05, 0.1) is 31.3 Å². The molecule has 1 aromatic carbocycles. The molecule has 1 heterocycles. The second-order valence-electron chi connectivity index (χ2n) is 11.3. The standard InChI is InChI=1S/C30H45N5O5/c1-21(2)16-31-28(37)15-27(36)25(14-23-10-6-4-7-11-23)33-29(38)26(19-35-18-22(3)17-32-35)34-30(39)40-20-24-12-8-5-9-13-24/h5,8-9,12-13,17-18,21,23,25-27,36H,4,6-7,10-11,14-16,19-20H2,1-3H3,(H,31,37)(H,33,38)(H,34,39)/t25-,26-,27-/m0/s1. The van der Waals surface area contributed by atoms with Crippen molar-refractivity contribution in [1.29, 1.82) is 0 Å². The molecule has 0 saturated heterocycles. The van der Waals surface area contributed by atoms with Gasteiger partial charge in [0.25, 0.3) is 0 Å². The number of nitrogens with zero attached hydrogens (tertiary/aromatic N) is 2. The highest BCUT2D eigenvalue weighted by molar-refractivity contribution is 5.86. The first kappa shape index (κ1) is 31.1. The third-order valence-electron chi connectivity index (χ3n) is 7.16. The molecule has 10 nitrogen and oxygen atoms in total. The van der Waals surface area contributed by atoms with E-state index >= 15 is 0 Å². The van der Waals surface area contributed by atoms with E-state index in [4.69, 9.17) is 4.74 Å². The number of rotatable bonds is 14. The van der Waals surface area contributed by atoms with Gasteiger partial charge in [0.2, 0.25) is 11.8 Å². The maximum absolute atomic E-state index is 13.6. The van der Waals surface area contributed by atoms with E-state index in [0.29, 0.717) is 24.8 Å². The molecule has 1 fully saturated rings. The van der Waals surface area contributed by atoms with Gasteiger partial charge in [-0.15, -0.1) is 0 Å². The lowest BCUT2D eigenvalue weighted by molar-refractivity contribution is -0.128. The van der Waals surface area contributed by atoms with Gasteiger partial charge in [-0.2, -0.15) is 5.10 Å². The summed E-state index contributed by atoms with van der Waals surface area (Å²) in [6.45, 7) is 6.56. The second-order valence-corrected chi connectivity index (χ2v) is 11.3. The SMILES string of the molecule is Cc1cnn(C[C@H](NC(=O)OCc2ccccc2)C(=O)N[C@@H](CC2CCCCC2)[C@@H](O)CC(=O)NCC(C)C)c1. The molecular formula is C30H45N5O5. The van der Waals surface area contributed by atoms with Crippen LogP contribution < -0.4 is 16.0 Å². The molecule has 4 N–H and O–H groups in total. The Hall–Kier alpha value is -3.40. The van der Waals surface area contributed by atoms with Crippen LogP contribution in [0.3, 0.4) is 0 Å². The van der Waals surface area contributed by atoms with Gasteiger partial charge in [0.1, 0.15) is 12.6 Å². The molecule has 1 saturated carbocycles. The van der Waals surface area contributed by atoms with Crippen LogP contribution in [-0.4, -0.2) is 57.5 Å². The molecule has 3 atom stereocenters. The Labute approximate surface area is 237 Å². The minimum atomic E-state index is -1.06. The zero-order valence-corrected chi connectivity index (χ0v) is 24.0. The number of alkyl carbamates (subject to hydrolysis) is 1. The quantitative estimate of drug-likeness (QED) is 0.282. The number of aryl methyl sites for hydroxylation is 1. The lowest BCUT2D eigenvalue weighted by Gasteiger charge is -2.31. The summed E-state index contributed by atoms with van der Waals surface area (Å²) < 4.78 is 6.95. The van der Waals surface area contributed by atoms with Gasteiger partial charge in [0.15, 0.2) is 0 Å². The van der Waals surface area contributed by atoms with E-state index in [1.807, 2.05) is 51.1 Å². The third-order valence-corrected chi connectivity index (χ3v) is 7.16. The predicted octanol–water partition coefficient (Wildman–Crippen LogP) is 3.46. The number of aliphatic hydroxyl groups is 1. The molecule has 0 spiro atoms. The van der Waals surface area contributed by atoms with Crippen molar-refractivity contribution in [2.24, 2.45) is 11.8 Å². The number of hydrogen-bond acceptors (Lipinski definition) is 6. The minimum absolute atomic E-state index is 0.0659. The largest absolute Gasteiger partial charge is 0.445 e. The van der Waals surface area contributed by atoms with Gasteiger partial charge in [0, 0.05) is 12.7 Å². The topological polar surface area (TPSA) is 135 Å². The van der Waals surface area contributed by atoms with Crippen molar-refractivity contribution in [3.63, 3.8) is 0 Å². The lowest BCUT2D eigenvalue weighted by atomic mass is 9.83. The summed E-state index contributed by atoms with van der Waals surface area (Å²) in [6.07, 6.45) is 7.60. The van der Waals surface area contributed by atoms with Gasteiger partial charge < -0.3 is 25.8 Å². The Balaban J connectivity index is 1.69. The fourth-order valence-electron chi connectivity index (χ4n) is 4.95. The molecule has 0 bridgehead atoms. The fraction of sp³-hybridized carbons (Fsp3) is 0.600. The maximum atomic E-state index is 13.6. The summed E-state index contributed by atoms with van der Waals surface area (Å²) in [5, 5.41) is 23.8. The molecule has 1 aromatic heterocycles. The second kappa shape index (κ2) is 16.0. The van der Waals surface area contributed by atoms with Gasteiger partial charge in [-0.3, -0.25) is 14.3 Å². The average Bonchev–Trinajstić information content (AvgIpc) is 3.35. The third kappa shape index (κ3) is 11.0. The van der Waals surface area contributed by atoms with Crippen LogP contribution in [0.1, 0.15) is 69.9 Å². The van der Waals surface area contributed by atoms with Crippen LogP contribution in [0.5, 0.6) is 0 Å². The van der Waals surface area contributed by atoms with E-state index in [2.05, 4.69) is 21.0 Å². The number of ether oxygens (including phenoxy) is 1. The summed E-state index contributed by atoms with van der Waals surface area (Å²) in [7, 11) is 0. The first-order valence-electron chi connectivity index (χ1n) is 14.4. The van der Waals surface area contributed by atoms with Crippen molar-refractivity contribution in [2.45, 2.75) is 97.1 Å². The first-order valence-corrected chi connectivity index (χ1v) is 14.4. The monoisotopic (exact) mass is 555 g/mol. The zero-order chi connectivity index (χ0) is 28.9. The van der Waals surface area contributed by atoms with Crippen LogP contribution in [0.15, 0.2) is 42.7 Å². The summed E-state index contributed by atoms with van der Waals surface area (Å²) >= 11 is 0. The van der Waals surface area contributed by atoms with Crippen LogP contribution in [0, 0.1) is 18.8 Å². The molecule has 3 rings (SSSR count).